The number of esters is 1. The van der Waals surface area contributed by atoms with Gasteiger partial charge in [-0.15, -0.1) is 0 Å². The standard InChI is InChI=1S/C6H10O2.C3H8/c1-6(2)4-3-5(7)8-6;1-3-2/h3-4H2,1-2H3;3H2,1-2H3. The Labute approximate surface area is 68.9 Å². The van der Waals surface area contributed by atoms with Crippen molar-refractivity contribution < 1.29 is 9.53 Å². The number of carbonyl (C=O) groups is 1. The molecule has 0 aromatic heterocycles. The van der Waals surface area contributed by atoms with Gasteiger partial charge in [0.2, 0.25) is 0 Å². The van der Waals surface area contributed by atoms with Crippen molar-refractivity contribution in [3.63, 3.8) is 0 Å². The lowest BCUT2D eigenvalue weighted by atomic mass is 10.1. The number of carbonyl (C=O) groups excluding carboxylic acids is 1. The molecule has 0 aliphatic carbocycles. The fourth-order valence-electron chi connectivity index (χ4n) is 0.813. The van der Waals surface area contributed by atoms with Crippen LogP contribution in [0.5, 0.6) is 0 Å². The summed E-state index contributed by atoms with van der Waals surface area (Å²) in [7, 11) is 0. The van der Waals surface area contributed by atoms with Crippen molar-refractivity contribution in [3.05, 3.63) is 0 Å². The summed E-state index contributed by atoms with van der Waals surface area (Å²) < 4.78 is 4.91. The van der Waals surface area contributed by atoms with Gasteiger partial charge in [-0.25, -0.2) is 0 Å². The van der Waals surface area contributed by atoms with Crippen molar-refractivity contribution in [2.45, 2.75) is 52.6 Å². The van der Waals surface area contributed by atoms with E-state index >= 15 is 0 Å². The molecule has 0 spiro atoms. The van der Waals surface area contributed by atoms with Crippen molar-refractivity contribution in [2.24, 2.45) is 0 Å². The maximum atomic E-state index is 10.4. The molecular weight excluding hydrogens is 140 g/mol. The van der Waals surface area contributed by atoms with Crippen LogP contribution in [0.25, 0.3) is 0 Å². The average molecular weight is 158 g/mol. The van der Waals surface area contributed by atoms with E-state index in [0.717, 1.165) is 6.42 Å². The van der Waals surface area contributed by atoms with E-state index in [2.05, 4.69) is 13.8 Å². The van der Waals surface area contributed by atoms with Crippen LogP contribution in [0.4, 0.5) is 0 Å². The SMILES string of the molecule is CC1(C)CCC(=O)O1.CCC. The van der Waals surface area contributed by atoms with E-state index in [4.69, 9.17) is 4.74 Å². The molecule has 0 N–H and O–H groups in total. The van der Waals surface area contributed by atoms with Gasteiger partial charge in [-0.05, 0) is 20.3 Å². The van der Waals surface area contributed by atoms with Crippen LogP contribution in [-0.2, 0) is 9.53 Å². The van der Waals surface area contributed by atoms with Crippen LogP contribution in [0.3, 0.4) is 0 Å². The summed E-state index contributed by atoms with van der Waals surface area (Å²) in [5, 5.41) is 0. The zero-order valence-electron chi connectivity index (χ0n) is 7.94. The zero-order valence-corrected chi connectivity index (χ0v) is 7.94. The normalized spacial score (nSPS) is 20.2. The molecule has 0 aromatic rings. The van der Waals surface area contributed by atoms with Gasteiger partial charge in [0.15, 0.2) is 0 Å². The molecule has 11 heavy (non-hydrogen) atoms. The van der Waals surface area contributed by atoms with Gasteiger partial charge in [0.25, 0.3) is 0 Å². The van der Waals surface area contributed by atoms with Crippen molar-refractivity contribution >= 4 is 5.97 Å². The molecular formula is C9H18O2. The molecule has 1 aliphatic heterocycles. The Kier molecular flexibility index (Phi) is 4.16. The van der Waals surface area contributed by atoms with Crippen molar-refractivity contribution in [2.75, 3.05) is 0 Å². The third kappa shape index (κ3) is 4.82. The third-order valence-corrected chi connectivity index (χ3v) is 1.32. The maximum Gasteiger partial charge on any atom is 0.306 e. The van der Waals surface area contributed by atoms with E-state index in [-0.39, 0.29) is 11.6 Å². The molecule has 1 saturated heterocycles. The smallest absolute Gasteiger partial charge is 0.306 e. The molecule has 2 heteroatoms. The second-order valence-corrected chi connectivity index (χ2v) is 3.44. The average Bonchev–Trinajstić information content (AvgIpc) is 2.11. The summed E-state index contributed by atoms with van der Waals surface area (Å²) in [6.45, 7) is 8.11. The van der Waals surface area contributed by atoms with Crippen LogP contribution in [0.1, 0.15) is 47.0 Å². The molecule has 1 heterocycles. The summed E-state index contributed by atoms with van der Waals surface area (Å²) >= 11 is 0. The zero-order chi connectivity index (χ0) is 8.91. The highest BCUT2D eigenvalue weighted by atomic mass is 16.6. The lowest BCUT2D eigenvalue weighted by Crippen LogP contribution is -2.17. The number of hydrogen-bond donors (Lipinski definition) is 0. The Morgan fingerprint density at radius 3 is 2.00 bits per heavy atom. The summed E-state index contributed by atoms with van der Waals surface area (Å²) in [4.78, 5) is 10.4. The predicted molar refractivity (Wildman–Crippen MR) is 45.4 cm³/mol. The molecule has 2 nitrogen and oxygen atoms in total. The Bertz CT molecular complexity index is 128. The van der Waals surface area contributed by atoms with Gasteiger partial charge in [0, 0.05) is 6.42 Å². The fraction of sp³-hybridized carbons (Fsp3) is 0.889. The summed E-state index contributed by atoms with van der Waals surface area (Å²) in [5.41, 5.74) is -0.183. The highest BCUT2D eigenvalue weighted by Crippen LogP contribution is 2.24. The van der Waals surface area contributed by atoms with E-state index in [0.29, 0.717) is 6.42 Å². The number of rotatable bonds is 0. The Hall–Kier alpha value is -0.530. The van der Waals surface area contributed by atoms with Crippen molar-refractivity contribution in [1.29, 1.82) is 0 Å². The quantitative estimate of drug-likeness (QED) is 0.506. The van der Waals surface area contributed by atoms with Gasteiger partial charge in [-0.3, -0.25) is 4.79 Å². The lowest BCUT2D eigenvalue weighted by Gasteiger charge is -2.14. The minimum absolute atomic E-state index is 0.0602. The van der Waals surface area contributed by atoms with Gasteiger partial charge >= 0.3 is 5.97 Å². The summed E-state index contributed by atoms with van der Waals surface area (Å²) in [6, 6.07) is 0. The van der Waals surface area contributed by atoms with E-state index in [9.17, 15) is 4.79 Å². The van der Waals surface area contributed by atoms with Crippen LogP contribution in [-0.4, -0.2) is 11.6 Å². The number of cyclic esters (lactones) is 1. The first-order valence-corrected chi connectivity index (χ1v) is 4.23. The van der Waals surface area contributed by atoms with Crippen molar-refractivity contribution in [1.82, 2.24) is 0 Å². The Morgan fingerprint density at radius 1 is 1.45 bits per heavy atom. The van der Waals surface area contributed by atoms with E-state index in [1.807, 2.05) is 13.8 Å². The second-order valence-electron chi connectivity index (χ2n) is 3.44. The highest BCUT2D eigenvalue weighted by Gasteiger charge is 2.30. The number of hydrogen-bond acceptors (Lipinski definition) is 2. The van der Waals surface area contributed by atoms with E-state index < -0.39 is 0 Å². The van der Waals surface area contributed by atoms with Gasteiger partial charge in [-0.1, -0.05) is 20.3 Å². The lowest BCUT2D eigenvalue weighted by molar-refractivity contribution is -0.145. The van der Waals surface area contributed by atoms with Gasteiger partial charge in [0.1, 0.15) is 5.60 Å². The molecule has 0 unspecified atom stereocenters. The Balaban J connectivity index is 0.000000292. The minimum Gasteiger partial charge on any atom is -0.460 e. The molecule has 0 amide bonds. The highest BCUT2D eigenvalue weighted by molar-refractivity contribution is 5.72. The molecule has 66 valence electrons. The van der Waals surface area contributed by atoms with Crippen LogP contribution >= 0.6 is 0 Å². The van der Waals surface area contributed by atoms with E-state index in [1.54, 1.807) is 0 Å². The third-order valence-electron chi connectivity index (χ3n) is 1.32. The van der Waals surface area contributed by atoms with Gasteiger partial charge in [-0.2, -0.15) is 0 Å². The molecule has 1 aliphatic rings. The largest absolute Gasteiger partial charge is 0.460 e. The van der Waals surface area contributed by atoms with Crippen LogP contribution < -0.4 is 0 Å². The molecule has 0 atom stereocenters. The first-order valence-electron chi connectivity index (χ1n) is 4.23. The van der Waals surface area contributed by atoms with Crippen molar-refractivity contribution in [3.8, 4) is 0 Å². The van der Waals surface area contributed by atoms with Crippen LogP contribution in [0.2, 0.25) is 0 Å². The second kappa shape index (κ2) is 4.37. The van der Waals surface area contributed by atoms with Crippen LogP contribution in [0, 0.1) is 0 Å². The molecule has 1 rings (SSSR count). The number of ether oxygens (including phenoxy) is 1. The summed E-state index contributed by atoms with van der Waals surface area (Å²) in [6.07, 6.45) is 2.71. The Morgan fingerprint density at radius 2 is 1.91 bits per heavy atom. The molecule has 0 bridgehead atoms. The summed E-state index contributed by atoms with van der Waals surface area (Å²) in [5.74, 6) is -0.0602. The monoisotopic (exact) mass is 158 g/mol. The van der Waals surface area contributed by atoms with Crippen LogP contribution in [0.15, 0.2) is 0 Å². The molecule has 0 radical (unpaired) electrons. The first kappa shape index (κ1) is 10.5. The first-order chi connectivity index (χ1) is 5.02. The fourth-order valence-corrected chi connectivity index (χ4v) is 0.813. The molecule has 0 saturated carbocycles. The minimum atomic E-state index is -0.183. The van der Waals surface area contributed by atoms with Gasteiger partial charge in [0.05, 0.1) is 0 Å². The topological polar surface area (TPSA) is 26.3 Å². The molecule has 1 fully saturated rings. The van der Waals surface area contributed by atoms with Gasteiger partial charge < -0.3 is 4.74 Å². The maximum absolute atomic E-state index is 10.4. The molecule has 0 aromatic carbocycles. The van der Waals surface area contributed by atoms with E-state index in [1.165, 1.54) is 6.42 Å². The predicted octanol–water partition coefficient (Wildman–Crippen LogP) is 2.52.